The first kappa shape index (κ1) is 11.5. The molecule has 16 heavy (non-hydrogen) atoms. The van der Waals surface area contributed by atoms with Gasteiger partial charge in [0.2, 0.25) is 0 Å². The quantitative estimate of drug-likeness (QED) is 0.795. The van der Waals surface area contributed by atoms with Crippen LogP contribution in [-0.4, -0.2) is 23.6 Å². The summed E-state index contributed by atoms with van der Waals surface area (Å²) in [5.74, 6) is -0.239. The molecule has 1 unspecified atom stereocenters. The molecule has 1 saturated carbocycles. The van der Waals surface area contributed by atoms with E-state index in [0.717, 1.165) is 17.8 Å². The third-order valence-electron chi connectivity index (χ3n) is 2.61. The minimum absolute atomic E-state index is 0.239. The number of hydrogen-bond donors (Lipinski definition) is 1. The topological polar surface area (TPSA) is 51.2 Å². The summed E-state index contributed by atoms with van der Waals surface area (Å²) in [6.45, 7) is 4.06. The van der Waals surface area contributed by atoms with Crippen LogP contribution in [0.25, 0.3) is 0 Å². The summed E-state index contributed by atoms with van der Waals surface area (Å²) in [5.41, 5.74) is -0.786. The van der Waals surface area contributed by atoms with Gasteiger partial charge in [-0.1, -0.05) is 0 Å². The Bertz CT molecular complexity index is 362. The number of nitrogens with zero attached hydrogens (tertiary/aromatic N) is 1. The summed E-state index contributed by atoms with van der Waals surface area (Å²) >= 11 is 1.48. The Balaban J connectivity index is 2.20. The molecule has 4 nitrogen and oxygen atoms in total. The lowest BCUT2D eigenvalue weighted by atomic mass is 10.0. The highest BCUT2D eigenvalue weighted by Gasteiger charge is 2.43. The molecule has 0 spiro atoms. The van der Waals surface area contributed by atoms with Gasteiger partial charge in [0.1, 0.15) is 5.01 Å². The van der Waals surface area contributed by atoms with Gasteiger partial charge in [-0.15, -0.1) is 11.3 Å². The Hall–Kier alpha value is -0.940. The molecule has 1 atom stereocenters. The molecule has 1 fully saturated rings. The highest BCUT2D eigenvalue weighted by Crippen LogP contribution is 2.30. The summed E-state index contributed by atoms with van der Waals surface area (Å²) < 4.78 is 5.12. The fraction of sp³-hybridized carbons (Fsp3) is 0.636. The molecular weight excluding hydrogens is 224 g/mol. The van der Waals surface area contributed by atoms with Crippen LogP contribution in [0.5, 0.6) is 0 Å². The fourth-order valence-electron chi connectivity index (χ4n) is 1.59. The van der Waals surface area contributed by atoms with Gasteiger partial charge >= 0.3 is 5.97 Å². The average molecular weight is 240 g/mol. The fourth-order valence-corrected chi connectivity index (χ4v) is 2.34. The monoisotopic (exact) mass is 240 g/mol. The lowest BCUT2D eigenvalue weighted by Gasteiger charge is -2.26. The maximum absolute atomic E-state index is 12.0. The number of esters is 1. The standard InChI is InChI=1S/C11H16N2O2S/c1-3-15-10(14)11(2,13-8-4-5-8)9-12-6-7-16-9/h6-8,13H,3-5H2,1-2H3. The van der Waals surface area contributed by atoms with Crippen LogP contribution >= 0.6 is 11.3 Å². The van der Waals surface area contributed by atoms with Gasteiger partial charge < -0.3 is 4.74 Å². The van der Waals surface area contributed by atoms with Crippen LogP contribution in [0, 0.1) is 0 Å². The van der Waals surface area contributed by atoms with Crippen molar-refractivity contribution in [3.8, 4) is 0 Å². The van der Waals surface area contributed by atoms with Crippen molar-refractivity contribution < 1.29 is 9.53 Å². The van der Waals surface area contributed by atoms with Crippen molar-refractivity contribution in [1.29, 1.82) is 0 Å². The van der Waals surface area contributed by atoms with Gasteiger partial charge in [0, 0.05) is 17.6 Å². The molecule has 1 heterocycles. The molecule has 5 heteroatoms. The highest BCUT2D eigenvalue weighted by atomic mass is 32.1. The number of carbonyl (C=O) groups excluding carboxylic acids is 1. The van der Waals surface area contributed by atoms with E-state index >= 15 is 0 Å². The number of ether oxygens (including phenoxy) is 1. The van der Waals surface area contributed by atoms with Crippen molar-refractivity contribution >= 4 is 17.3 Å². The number of rotatable bonds is 5. The van der Waals surface area contributed by atoms with E-state index in [9.17, 15) is 4.79 Å². The second-order valence-corrected chi connectivity index (χ2v) is 5.00. The minimum atomic E-state index is -0.786. The Morgan fingerprint density at radius 3 is 3.00 bits per heavy atom. The van der Waals surface area contributed by atoms with E-state index in [0.29, 0.717) is 12.6 Å². The largest absolute Gasteiger partial charge is 0.464 e. The van der Waals surface area contributed by atoms with Gasteiger partial charge in [-0.2, -0.15) is 0 Å². The number of thiazole rings is 1. The zero-order valence-corrected chi connectivity index (χ0v) is 10.3. The summed E-state index contributed by atoms with van der Waals surface area (Å²) in [5, 5.41) is 5.98. The summed E-state index contributed by atoms with van der Waals surface area (Å²) in [6, 6.07) is 0.429. The second kappa shape index (κ2) is 4.51. The SMILES string of the molecule is CCOC(=O)C(C)(NC1CC1)c1nccs1. The van der Waals surface area contributed by atoms with Gasteiger partial charge in [-0.3, -0.25) is 5.32 Å². The zero-order chi connectivity index (χ0) is 11.6. The first-order chi connectivity index (χ1) is 7.66. The van der Waals surface area contributed by atoms with Crippen molar-refractivity contribution in [3.05, 3.63) is 16.6 Å². The Kier molecular flexibility index (Phi) is 3.25. The average Bonchev–Trinajstić information content (AvgIpc) is 2.89. The Morgan fingerprint density at radius 2 is 2.50 bits per heavy atom. The molecule has 0 radical (unpaired) electrons. The van der Waals surface area contributed by atoms with E-state index in [1.807, 2.05) is 19.2 Å². The van der Waals surface area contributed by atoms with Crippen LogP contribution in [0.4, 0.5) is 0 Å². The van der Waals surface area contributed by atoms with E-state index in [4.69, 9.17) is 4.74 Å². The molecule has 0 aliphatic heterocycles. The van der Waals surface area contributed by atoms with Crippen molar-refractivity contribution in [2.45, 2.75) is 38.3 Å². The molecule has 1 aromatic rings. The van der Waals surface area contributed by atoms with E-state index in [2.05, 4.69) is 10.3 Å². The minimum Gasteiger partial charge on any atom is -0.464 e. The third kappa shape index (κ3) is 2.25. The van der Waals surface area contributed by atoms with Gasteiger partial charge in [0.15, 0.2) is 5.54 Å². The summed E-state index contributed by atoms with van der Waals surface area (Å²) in [7, 11) is 0. The summed E-state index contributed by atoms with van der Waals surface area (Å²) in [4.78, 5) is 16.2. The molecule has 1 N–H and O–H groups in total. The molecule has 0 saturated heterocycles. The van der Waals surface area contributed by atoms with Crippen LogP contribution in [0.1, 0.15) is 31.7 Å². The molecule has 1 aromatic heterocycles. The molecule has 88 valence electrons. The Morgan fingerprint density at radius 1 is 1.75 bits per heavy atom. The van der Waals surface area contributed by atoms with Crippen molar-refractivity contribution in [3.63, 3.8) is 0 Å². The maximum atomic E-state index is 12.0. The summed E-state index contributed by atoms with van der Waals surface area (Å²) in [6.07, 6.45) is 3.97. The molecule has 0 bridgehead atoms. The van der Waals surface area contributed by atoms with E-state index in [1.54, 1.807) is 6.20 Å². The highest BCUT2D eigenvalue weighted by molar-refractivity contribution is 7.09. The Labute approximate surface area is 99.0 Å². The first-order valence-electron chi connectivity index (χ1n) is 5.51. The number of carbonyl (C=O) groups is 1. The molecule has 0 amide bonds. The molecule has 1 aliphatic rings. The second-order valence-electron chi connectivity index (χ2n) is 4.10. The zero-order valence-electron chi connectivity index (χ0n) is 9.53. The predicted molar refractivity (Wildman–Crippen MR) is 62.3 cm³/mol. The molecule has 1 aliphatic carbocycles. The number of hydrogen-bond acceptors (Lipinski definition) is 5. The lowest BCUT2D eigenvalue weighted by molar-refractivity contribution is -0.151. The third-order valence-corrected chi connectivity index (χ3v) is 3.61. The van der Waals surface area contributed by atoms with Gasteiger partial charge in [0.05, 0.1) is 6.61 Å². The van der Waals surface area contributed by atoms with Crippen LogP contribution in [0.2, 0.25) is 0 Å². The van der Waals surface area contributed by atoms with Gasteiger partial charge in [0.25, 0.3) is 0 Å². The van der Waals surface area contributed by atoms with Crippen LogP contribution in [0.3, 0.4) is 0 Å². The van der Waals surface area contributed by atoms with E-state index < -0.39 is 5.54 Å². The van der Waals surface area contributed by atoms with Crippen LogP contribution < -0.4 is 5.32 Å². The smallest absolute Gasteiger partial charge is 0.333 e. The predicted octanol–water partition coefficient (Wildman–Crippen LogP) is 1.67. The lowest BCUT2D eigenvalue weighted by Crippen LogP contribution is -2.48. The van der Waals surface area contributed by atoms with Crippen molar-refractivity contribution in [2.24, 2.45) is 0 Å². The van der Waals surface area contributed by atoms with Gasteiger partial charge in [-0.05, 0) is 26.7 Å². The van der Waals surface area contributed by atoms with E-state index in [1.165, 1.54) is 11.3 Å². The van der Waals surface area contributed by atoms with Crippen LogP contribution in [0.15, 0.2) is 11.6 Å². The first-order valence-corrected chi connectivity index (χ1v) is 6.39. The van der Waals surface area contributed by atoms with Gasteiger partial charge in [-0.25, -0.2) is 9.78 Å². The molecule has 2 rings (SSSR count). The van der Waals surface area contributed by atoms with Crippen molar-refractivity contribution in [2.75, 3.05) is 6.61 Å². The van der Waals surface area contributed by atoms with E-state index in [-0.39, 0.29) is 5.97 Å². The number of nitrogens with one attached hydrogen (secondary N) is 1. The normalized spacial score (nSPS) is 19.1. The molecule has 0 aromatic carbocycles. The van der Waals surface area contributed by atoms with Crippen molar-refractivity contribution in [1.82, 2.24) is 10.3 Å². The maximum Gasteiger partial charge on any atom is 0.333 e. The molecular formula is C11H16N2O2S. The van der Waals surface area contributed by atoms with Crippen LogP contribution in [-0.2, 0) is 15.1 Å². The number of aromatic nitrogens is 1.